The van der Waals surface area contributed by atoms with Crippen LogP contribution in [0, 0.1) is 0 Å². The number of carbonyl (C=O) groups excluding carboxylic acids is 3. The molecule has 0 unspecified atom stereocenters. The van der Waals surface area contributed by atoms with E-state index in [0.717, 1.165) is 4.90 Å². The lowest BCUT2D eigenvalue weighted by Gasteiger charge is -2.13. The van der Waals surface area contributed by atoms with Crippen molar-refractivity contribution in [2.45, 2.75) is 6.61 Å². The maximum Gasteiger partial charge on any atom is 0.326 e. The largest absolute Gasteiger partial charge is 0.458 e. The summed E-state index contributed by atoms with van der Waals surface area (Å²) in [5.74, 6) is -1.87. The van der Waals surface area contributed by atoms with E-state index < -0.39 is 24.3 Å². The van der Waals surface area contributed by atoms with Crippen LogP contribution in [0.25, 0.3) is 5.65 Å². The Balaban J connectivity index is 1.45. The highest BCUT2D eigenvalue weighted by Gasteiger charge is 2.36. The third-order valence-electron chi connectivity index (χ3n) is 4.22. The van der Waals surface area contributed by atoms with Crippen LogP contribution in [0.3, 0.4) is 0 Å². The molecule has 3 aromatic rings. The maximum atomic E-state index is 12.3. The number of rotatable bonds is 4. The number of hydrogen-bond acceptors (Lipinski definition) is 6. The van der Waals surface area contributed by atoms with Gasteiger partial charge in [0.05, 0.1) is 21.8 Å². The second kappa shape index (κ2) is 6.90. The summed E-state index contributed by atoms with van der Waals surface area (Å²) in [4.78, 5) is 53.8. The number of aromatic nitrogens is 2. The zero-order valence-corrected chi connectivity index (χ0v) is 15.0. The van der Waals surface area contributed by atoms with Crippen LogP contribution >= 0.6 is 11.6 Å². The monoisotopic (exact) mass is 397 g/mol. The molecule has 0 N–H and O–H groups in total. The van der Waals surface area contributed by atoms with E-state index in [4.69, 9.17) is 16.3 Å². The van der Waals surface area contributed by atoms with Gasteiger partial charge in [0.15, 0.2) is 0 Å². The number of fused-ring (bicyclic) bond motifs is 2. The Labute approximate surface area is 162 Å². The van der Waals surface area contributed by atoms with E-state index in [1.54, 1.807) is 24.3 Å². The van der Waals surface area contributed by atoms with E-state index in [2.05, 4.69) is 4.98 Å². The lowest BCUT2D eigenvalue weighted by molar-refractivity contribution is -0.145. The number of pyridine rings is 1. The van der Waals surface area contributed by atoms with Gasteiger partial charge in [-0.1, -0.05) is 23.7 Å². The van der Waals surface area contributed by atoms with Crippen LogP contribution in [0.5, 0.6) is 0 Å². The third-order valence-corrected chi connectivity index (χ3v) is 4.45. The lowest BCUT2D eigenvalue weighted by Crippen LogP contribution is -2.35. The van der Waals surface area contributed by atoms with Gasteiger partial charge in [0, 0.05) is 12.3 Å². The first-order valence-electron chi connectivity index (χ1n) is 8.23. The Hall–Kier alpha value is -3.52. The molecule has 1 aromatic carbocycles. The van der Waals surface area contributed by atoms with E-state index >= 15 is 0 Å². The van der Waals surface area contributed by atoms with E-state index in [1.807, 2.05) is 0 Å². The highest BCUT2D eigenvalue weighted by Crippen LogP contribution is 2.22. The van der Waals surface area contributed by atoms with Gasteiger partial charge in [-0.05, 0) is 24.3 Å². The molecule has 0 atom stereocenters. The summed E-state index contributed by atoms with van der Waals surface area (Å²) in [6, 6.07) is 10.7. The van der Waals surface area contributed by atoms with Gasteiger partial charge in [0.2, 0.25) is 0 Å². The van der Waals surface area contributed by atoms with Crippen molar-refractivity contribution >= 4 is 35.0 Å². The van der Waals surface area contributed by atoms with Crippen molar-refractivity contribution in [1.29, 1.82) is 0 Å². The summed E-state index contributed by atoms with van der Waals surface area (Å²) in [5.41, 5.74) is 0.719. The average molecular weight is 398 g/mol. The van der Waals surface area contributed by atoms with Crippen LogP contribution in [0.1, 0.15) is 26.4 Å². The normalized spacial score (nSPS) is 13.1. The molecule has 2 aromatic heterocycles. The van der Waals surface area contributed by atoms with Gasteiger partial charge < -0.3 is 4.74 Å². The van der Waals surface area contributed by atoms with Crippen LogP contribution in [-0.4, -0.2) is 38.6 Å². The first kappa shape index (κ1) is 17.9. The quantitative estimate of drug-likeness (QED) is 0.491. The van der Waals surface area contributed by atoms with Gasteiger partial charge in [0.25, 0.3) is 17.4 Å². The minimum absolute atomic E-state index is 0.239. The molecular weight excluding hydrogens is 386 g/mol. The van der Waals surface area contributed by atoms with E-state index in [0.29, 0.717) is 10.7 Å². The number of amides is 2. The molecule has 4 rings (SSSR count). The molecule has 0 spiro atoms. The molecule has 8 nitrogen and oxygen atoms in total. The second-order valence-electron chi connectivity index (χ2n) is 6.06. The summed E-state index contributed by atoms with van der Waals surface area (Å²) in [6.07, 6.45) is 1.43. The van der Waals surface area contributed by atoms with E-state index in [9.17, 15) is 19.2 Å². The van der Waals surface area contributed by atoms with E-state index in [1.165, 1.54) is 28.8 Å². The van der Waals surface area contributed by atoms with Gasteiger partial charge >= 0.3 is 5.97 Å². The number of nitrogens with zero attached hydrogens (tertiary/aromatic N) is 3. The Morgan fingerprint density at radius 1 is 1.04 bits per heavy atom. The van der Waals surface area contributed by atoms with Crippen LogP contribution in [0.15, 0.2) is 53.5 Å². The van der Waals surface area contributed by atoms with Gasteiger partial charge in [-0.3, -0.25) is 28.5 Å². The number of esters is 1. The van der Waals surface area contributed by atoms with Gasteiger partial charge in [0.1, 0.15) is 18.8 Å². The minimum Gasteiger partial charge on any atom is -0.458 e. The molecule has 0 bridgehead atoms. The highest BCUT2D eigenvalue weighted by molar-refractivity contribution is 6.30. The Morgan fingerprint density at radius 3 is 2.39 bits per heavy atom. The number of carbonyl (C=O) groups is 3. The highest BCUT2D eigenvalue weighted by atomic mass is 35.5. The van der Waals surface area contributed by atoms with Gasteiger partial charge in [-0.25, -0.2) is 4.98 Å². The molecule has 0 saturated heterocycles. The topological polar surface area (TPSA) is 98.0 Å². The fraction of sp³-hybridized carbons (Fsp3) is 0.105. The second-order valence-corrected chi connectivity index (χ2v) is 6.50. The number of benzene rings is 1. The van der Waals surface area contributed by atoms with Crippen molar-refractivity contribution in [2.75, 3.05) is 6.54 Å². The standard InChI is InChI=1S/C19H12ClN3O5/c20-11-5-6-15-21-12(7-16(24)22(15)8-11)10-28-17(25)9-23-18(26)13-3-1-2-4-14(13)19(23)27/h1-8H,9-10H2. The summed E-state index contributed by atoms with van der Waals surface area (Å²) in [7, 11) is 0. The average Bonchev–Trinajstić information content (AvgIpc) is 2.92. The van der Waals surface area contributed by atoms with Crippen molar-refractivity contribution in [3.05, 3.63) is 80.9 Å². The summed E-state index contributed by atoms with van der Waals surface area (Å²) in [5, 5.41) is 0.386. The minimum atomic E-state index is -0.785. The van der Waals surface area contributed by atoms with Crippen molar-refractivity contribution in [3.63, 3.8) is 0 Å². The molecule has 0 radical (unpaired) electrons. The Bertz CT molecular complexity index is 1170. The summed E-state index contributed by atoms with van der Waals surface area (Å²) < 4.78 is 6.36. The molecule has 0 fully saturated rings. The van der Waals surface area contributed by atoms with Crippen LogP contribution < -0.4 is 5.56 Å². The molecule has 9 heteroatoms. The molecule has 3 heterocycles. The zero-order valence-electron chi connectivity index (χ0n) is 14.3. The molecule has 1 aliphatic rings. The molecule has 2 amide bonds. The van der Waals surface area contributed by atoms with Crippen LogP contribution in [-0.2, 0) is 16.1 Å². The zero-order chi connectivity index (χ0) is 19.8. The number of halogens is 1. The third kappa shape index (κ3) is 3.14. The first-order valence-corrected chi connectivity index (χ1v) is 8.60. The SMILES string of the molecule is O=C(CN1C(=O)c2ccccc2C1=O)OCc1cc(=O)n2cc(Cl)ccc2n1. The fourth-order valence-corrected chi connectivity index (χ4v) is 3.07. The Morgan fingerprint density at radius 2 is 1.71 bits per heavy atom. The lowest BCUT2D eigenvalue weighted by atomic mass is 10.1. The molecular formula is C19H12ClN3O5. The number of imide groups is 1. The van der Waals surface area contributed by atoms with Crippen LogP contribution in [0.2, 0.25) is 5.02 Å². The van der Waals surface area contributed by atoms with Crippen molar-refractivity contribution in [2.24, 2.45) is 0 Å². The fourth-order valence-electron chi connectivity index (χ4n) is 2.91. The van der Waals surface area contributed by atoms with Crippen molar-refractivity contribution in [3.8, 4) is 0 Å². The van der Waals surface area contributed by atoms with E-state index in [-0.39, 0.29) is 29.0 Å². The van der Waals surface area contributed by atoms with Gasteiger partial charge in [-0.15, -0.1) is 0 Å². The smallest absolute Gasteiger partial charge is 0.326 e. The predicted molar refractivity (Wildman–Crippen MR) is 98.1 cm³/mol. The first-order chi connectivity index (χ1) is 13.4. The molecule has 1 aliphatic heterocycles. The molecule has 28 heavy (non-hydrogen) atoms. The number of ether oxygens (including phenoxy) is 1. The molecule has 140 valence electrons. The summed E-state index contributed by atoms with van der Waals surface area (Å²) >= 11 is 5.85. The van der Waals surface area contributed by atoms with Crippen molar-refractivity contribution < 1.29 is 19.1 Å². The van der Waals surface area contributed by atoms with Crippen LogP contribution in [0.4, 0.5) is 0 Å². The number of hydrogen-bond donors (Lipinski definition) is 0. The molecule has 0 saturated carbocycles. The predicted octanol–water partition coefficient (Wildman–Crippen LogP) is 1.69. The molecule has 0 aliphatic carbocycles. The maximum absolute atomic E-state index is 12.3. The Kier molecular flexibility index (Phi) is 4.40. The summed E-state index contributed by atoms with van der Waals surface area (Å²) in [6.45, 7) is -0.787. The van der Waals surface area contributed by atoms with Crippen molar-refractivity contribution in [1.82, 2.24) is 14.3 Å². The van der Waals surface area contributed by atoms with Gasteiger partial charge in [-0.2, -0.15) is 0 Å².